The van der Waals surface area contributed by atoms with Gasteiger partial charge in [-0.15, -0.1) is 0 Å². The summed E-state index contributed by atoms with van der Waals surface area (Å²) in [6, 6.07) is 0. The Labute approximate surface area is 53.9 Å². The molecule has 3 nitrogen and oxygen atoms in total. The van der Waals surface area contributed by atoms with E-state index in [1.54, 1.807) is 0 Å². The number of aliphatic carboxylic acids is 1. The molecule has 0 saturated heterocycles. The summed E-state index contributed by atoms with van der Waals surface area (Å²) in [7, 11) is 0. The van der Waals surface area contributed by atoms with E-state index >= 15 is 0 Å². The van der Waals surface area contributed by atoms with Crippen molar-refractivity contribution in [2.24, 2.45) is 11.7 Å². The number of nitrogens with two attached hydrogens (primary N) is 1. The van der Waals surface area contributed by atoms with Crippen molar-refractivity contribution in [3.63, 3.8) is 0 Å². The quantitative estimate of drug-likeness (QED) is 0.559. The largest absolute Gasteiger partial charge is 0.481 e. The van der Waals surface area contributed by atoms with E-state index in [9.17, 15) is 4.79 Å². The number of hydrogen-bond acceptors (Lipinski definition) is 2. The van der Waals surface area contributed by atoms with Gasteiger partial charge in [0.1, 0.15) is 0 Å². The van der Waals surface area contributed by atoms with Crippen LogP contribution in [0, 0.1) is 5.92 Å². The lowest BCUT2D eigenvalue weighted by molar-refractivity contribution is -0.137. The smallest absolute Gasteiger partial charge is 0.305 e. The Morgan fingerprint density at radius 1 is 2.00 bits per heavy atom. The summed E-state index contributed by atoms with van der Waals surface area (Å²) >= 11 is 0. The van der Waals surface area contributed by atoms with Crippen LogP contribution in [0.5, 0.6) is 0 Å². The fraction of sp³-hybridized carbons (Fsp3) is 0.833. The molecule has 0 bridgehead atoms. The molecule has 2 atom stereocenters. The molecule has 9 heavy (non-hydrogen) atoms. The summed E-state index contributed by atoms with van der Waals surface area (Å²) in [6.45, 7) is 1.98. The zero-order valence-electron chi connectivity index (χ0n) is 5.42. The summed E-state index contributed by atoms with van der Waals surface area (Å²) in [5.41, 5.74) is 5.24. The first kappa shape index (κ1) is 6.55. The van der Waals surface area contributed by atoms with E-state index in [4.69, 9.17) is 10.8 Å². The van der Waals surface area contributed by atoms with Gasteiger partial charge < -0.3 is 10.8 Å². The molecular formula is C6H11NO2. The van der Waals surface area contributed by atoms with Crippen LogP contribution in [0.4, 0.5) is 0 Å². The van der Waals surface area contributed by atoms with Crippen molar-refractivity contribution in [1.29, 1.82) is 0 Å². The van der Waals surface area contributed by atoms with Crippen LogP contribution in [0.1, 0.15) is 19.8 Å². The molecule has 1 rings (SSSR count). The molecule has 0 aromatic rings. The third-order valence-electron chi connectivity index (χ3n) is 1.99. The molecule has 0 unspecified atom stereocenters. The van der Waals surface area contributed by atoms with Crippen LogP contribution in [0.2, 0.25) is 0 Å². The maximum absolute atomic E-state index is 10.1. The zero-order valence-corrected chi connectivity index (χ0v) is 5.42. The second-order valence-corrected chi connectivity index (χ2v) is 2.91. The predicted molar refractivity (Wildman–Crippen MR) is 33.0 cm³/mol. The molecule has 0 radical (unpaired) electrons. The van der Waals surface area contributed by atoms with E-state index in [0.29, 0.717) is 5.92 Å². The molecule has 1 aliphatic rings. The Hall–Kier alpha value is -0.570. The average molecular weight is 129 g/mol. The highest BCUT2D eigenvalue weighted by atomic mass is 16.4. The maximum atomic E-state index is 10.1. The first-order valence-electron chi connectivity index (χ1n) is 3.05. The molecule has 0 aliphatic heterocycles. The van der Waals surface area contributed by atoms with Gasteiger partial charge in [0.05, 0.1) is 6.42 Å². The van der Waals surface area contributed by atoms with Crippen molar-refractivity contribution in [3.05, 3.63) is 0 Å². The standard InChI is InChI=1S/C6H11NO2/c1-4-2-6(4,7)3-5(8)9/h4H,2-3,7H2,1H3,(H,8,9)/t4-,6-/m1/s1. The van der Waals surface area contributed by atoms with Crippen LogP contribution >= 0.6 is 0 Å². The van der Waals surface area contributed by atoms with E-state index in [0.717, 1.165) is 6.42 Å². The number of hydrogen-bond donors (Lipinski definition) is 2. The summed E-state index contributed by atoms with van der Waals surface area (Å²) in [5, 5.41) is 8.33. The number of carboxylic acid groups (broad SMARTS) is 1. The fourth-order valence-electron chi connectivity index (χ4n) is 1.04. The van der Waals surface area contributed by atoms with Crippen molar-refractivity contribution >= 4 is 5.97 Å². The number of carboxylic acids is 1. The molecule has 0 spiro atoms. The minimum Gasteiger partial charge on any atom is -0.481 e. The van der Waals surface area contributed by atoms with E-state index in [1.165, 1.54) is 0 Å². The Morgan fingerprint density at radius 3 is 2.56 bits per heavy atom. The Morgan fingerprint density at radius 2 is 2.44 bits per heavy atom. The molecule has 52 valence electrons. The van der Waals surface area contributed by atoms with Crippen molar-refractivity contribution in [2.45, 2.75) is 25.3 Å². The molecule has 0 heterocycles. The van der Waals surface area contributed by atoms with Crippen molar-refractivity contribution in [1.82, 2.24) is 0 Å². The molecule has 1 fully saturated rings. The Bertz CT molecular complexity index is 146. The Kier molecular flexibility index (Phi) is 1.24. The first-order valence-corrected chi connectivity index (χ1v) is 3.05. The normalized spacial score (nSPS) is 40.4. The molecule has 0 aromatic heterocycles. The highest BCUT2D eigenvalue weighted by Crippen LogP contribution is 2.42. The van der Waals surface area contributed by atoms with Crippen LogP contribution in [-0.2, 0) is 4.79 Å². The zero-order chi connectivity index (χ0) is 7.07. The molecule has 3 heteroatoms. The number of carbonyl (C=O) groups is 1. The summed E-state index contributed by atoms with van der Waals surface area (Å²) in [6.07, 6.45) is 0.980. The van der Waals surface area contributed by atoms with Gasteiger partial charge in [0, 0.05) is 5.54 Å². The van der Waals surface area contributed by atoms with Gasteiger partial charge in [-0.3, -0.25) is 4.79 Å². The highest BCUT2D eigenvalue weighted by Gasteiger charge is 2.48. The number of rotatable bonds is 2. The van der Waals surface area contributed by atoms with Crippen molar-refractivity contribution < 1.29 is 9.90 Å². The summed E-state index contributed by atoms with van der Waals surface area (Å²) < 4.78 is 0. The second-order valence-electron chi connectivity index (χ2n) is 2.91. The van der Waals surface area contributed by atoms with E-state index in [1.807, 2.05) is 6.92 Å². The molecule has 0 aromatic carbocycles. The van der Waals surface area contributed by atoms with Crippen molar-refractivity contribution in [3.8, 4) is 0 Å². The lowest BCUT2D eigenvalue weighted by Crippen LogP contribution is -2.27. The lowest BCUT2D eigenvalue weighted by atomic mass is 10.1. The minimum atomic E-state index is -0.790. The SMILES string of the molecule is C[C@@H]1C[C@@]1(N)CC(=O)O. The summed E-state index contributed by atoms with van der Waals surface area (Å²) in [5.74, 6) is -0.393. The average Bonchev–Trinajstić information content (AvgIpc) is 2.10. The molecule has 1 saturated carbocycles. The topological polar surface area (TPSA) is 63.3 Å². The van der Waals surface area contributed by atoms with Gasteiger partial charge in [-0.05, 0) is 12.3 Å². The minimum absolute atomic E-state index is 0.119. The molecule has 3 N–H and O–H groups in total. The van der Waals surface area contributed by atoms with Gasteiger partial charge in [-0.25, -0.2) is 0 Å². The van der Waals surface area contributed by atoms with Gasteiger partial charge in [-0.2, -0.15) is 0 Å². The second kappa shape index (κ2) is 1.70. The highest BCUT2D eigenvalue weighted by molar-refractivity contribution is 5.69. The Balaban J connectivity index is 2.37. The van der Waals surface area contributed by atoms with Gasteiger partial charge in [0.25, 0.3) is 0 Å². The van der Waals surface area contributed by atoms with Crippen LogP contribution in [-0.4, -0.2) is 16.6 Å². The lowest BCUT2D eigenvalue weighted by Gasteiger charge is -2.03. The van der Waals surface area contributed by atoms with Crippen LogP contribution in [0.25, 0.3) is 0 Å². The van der Waals surface area contributed by atoms with Gasteiger partial charge in [-0.1, -0.05) is 6.92 Å². The fourth-order valence-corrected chi connectivity index (χ4v) is 1.04. The third kappa shape index (κ3) is 1.21. The van der Waals surface area contributed by atoms with E-state index in [2.05, 4.69) is 0 Å². The molecule has 0 amide bonds. The van der Waals surface area contributed by atoms with Crippen LogP contribution < -0.4 is 5.73 Å². The monoisotopic (exact) mass is 129 g/mol. The van der Waals surface area contributed by atoms with Crippen LogP contribution in [0.3, 0.4) is 0 Å². The van der Waals surface area contributed by atoms with Crippen molar-refractivity contribution in [2.75, 3.05) is 0 Å². The van der Waals surface area contributed by atoms with Gasteiger partial charge in [0.2, 0.25) is 0 Å². The molecular weight excluding hydrogens is 118 g/mol. The van der Waals surface area contributed by atoms with Crippen LogP contribution in [0.15, 0.2) is 0 Å². The van der Waals surface area contributed by atoms with E-state index < -0.39 is 5.97 Å². The molecule has 1 aliphatic carbocycles. The van der Waals surface area contributed by atoms with Gasteiger partial charge >= 0.3 is 5.97 Å². The van der Waals surface area contributed by atoms with Gasteiger partial charge in [0.15, 0.2) is 0 Å². The maximum Gasteiger partial charge on any atom is 0.305 e. The predicted octanol–water partition coefficient (Wildman–Crippen LogP) is 0.198. The summed E-state index contributed by atoms with van der Waals surface area (Å²) in [4.78, 5) is 10.1. The first-order chi connectivity index (χ1) is 4.04. The third-order valence-corrected chi connectivity index (χ3v) is 1.99. The van der Waals surface area contributed by atoms with E-state index in [-0.39, 0.29) is 12.0 Å².